The van der Waals surface area contributed by atoms with E-state index in [0.717, 1.165) is 29.2 Å². The maximum Gasteiger partial charge on any atom is 0.140 e. The number of aryl methyl sites for hydroxylation is 1. The van der Waals surface area contributed by atoms with E-state index in [0.29, 0.717) is 6.54 Å². The molecule has 1 aromatic carbocycles. The molecule has 0 aliphatic carbocycles. The Morgan fingerprint density at radius 3 is 2.67 bits per heavy atom. The topological polar surface area (TPSA) is 43.3 Å². The summed E-state index contributed by atoms with van der Waals surface area (Å²) in [6.07, 6.45) is 3.69. The van der Waals surface area contributed by atoms with Crippen molar-refractivity contribution < 1.29 is 0 Å². The molecule has 0 saturated heterocycles. The van der Waals surface area contributed by atoms with Gasteiger partial charge in [0.15, 0.2) is 0 Å². The lowest BCUT2D eigenvalue weighted by Gasteiger charge is -2.04. The molecule has 3 rings (SSSR count). The van der Waals surface area contributed by atoms with E-state index in [9.17, 15) is 0 Å². The smallest absolute Gasteiger partial charge is 0.140 e. The van der Waals surface area contributed by atoms with Crippen LogP contribution >= 0.6 is 11.6 Å². The Hall–Kier alpha value is -1.84. The summed E-state index contributed by atoms with van der Waals surface area (Å²) < 4.78 is 2.16. The number of halogens is 1. The first-order chi connectivity index (χ1) is 10.2. The fourth-order valence-corrected chi connectivity index (χ4v) is 2.76. The van der Waals surface area contributed by atoms with Crippen molar-refractivity contribution >= 4 is 17.2 Å². The Kier molecular flexibility index (Phi) is 3.95. The van der Waals surface area contributed by atoms with Gasteiger partial charge in [-0.05, 0) is 42.8 Å². The van der Waals surface area contributed by atoms with Crippen LogP contribution in [0.15, 0.2) is 42.6 Å². The number of aromatic nitrogens is 2. The number of rotatable bonds is 4. The van der Waals surface area contributed by atoms with E-state index in [2.05, 4.69) is 29.7 Å². The van der Waals surface area contributed by atoms with Crippen molar-refractivity contribution in [3.63, 3.8) is 0 Å². The van der Waals surface area contributed by atoms with Gasteiger partial charge in [0.2, 0.25) is 0 Å². The van der Waals surface area contributed by atoms with Gasteiger partial charge in [0, 0.05) is 29.8 Å². The lowest BCUT2D eigenvalue weighted by atomic mass is 10.1. The van der Waals surface area contributed by atoms with Gasteiger partial charge in [-0.1, -0.05) is 29.8 Å². The molecule has 2 heterocycles. The first kappa shape index (κ1) is 14.1. The van der Waals surface area contributed by atoms with Crippen LogP contribution in [0.4, 0.5) is 0 Å². The van der Waals surface area contributed by atoms with E-state index < -0.39 is 0 Å². The SMILES string of the molecule is Cc1cccn2c(CCN)c(Cc3ccc(Cl)cc3)nc12. The Balaban J connectivity index is 2.06. The predicted molar refractivity (Wildman–Crippen MR) is 86.9 cm³/mol. The summed E-state index contributed by atoms with van der Waals surface area (Å²) in [7, 11) is 0. The van der Waals surface area contributed by atoms with Gasteiger partial charge in [-0.25, -0.2) is 4.98 Å². The van der Waals surface area contributed by atoms with Gasteiger partial charge in [0.1, 0.15) is 5.65 Å². The molecule has 0 bridgehead atoms. The molecule has 3 nitrogen and oxygen atoms in total. The minimum atomic E-state index is 0.620. The standard InChI is InChI=1S/C17H18ClN3/c1-12-3-2-10-21-16(8-9-19)15(20-17(12)21)11-13-4-6-14(18)7-5-13/h2-7,10H,8-9,11,19H2,1H3. The third kappa shape index (κ3) is 2.80. The van der Waals surface area contributed by atoms with E-state index in [1.807, 2.05) is 24.3 Å². The lowest BCUT2D eigenvalue weighted by molar-refractivity contribution is 0.882. The fraction of sp³-hybridized carbons (Fsp3) is 0.235. The molecule has 108 valence electrons. The highest BCUT2D eigenvalue weighted by molar-refractivity contribution is 6.30. The van der Waals surface area contributed by atoms with E-state index in [4.69, 9.17) is 22.3 Å². The van der Waals surface area contributed by atoms with Crippen LogP contribution in [0, 0.1) is 6.92 Å². The van der Waals surface area contributed by atoms with Gasteiger partial charge in [-0.2, -0.15) is 0 Å². The third-order valence-corrected chi connectivity index (χ3v) is 3.94. The van der Waals surface area contributed by atoms with Crippen LogP contribution < -0.4 is 5.73 Å². The average Bonchev–Trinajstić information content (AvgIpc) is 2.82. The number of imidazole rings is 1. The van der Waals surface area contributed by atoms with Crippen molar-refractivity contribution in [2.75, 3.05) is 6.54 Å². The fourth-order valence-electron chi connectivity index (χ4n) is 2.64. The lowest BCUT2D eigenvalue weighted by Crippen LogP contribution is -2.07. The number of nitrogens with zero attached hydrogens (tertiary/aromatic N) is 2. The largest absolute Gasteiger partial charge is 0.330 e. The summed E-state index contributed by atoms with van der Waals surface area (Å²) >= 11 is 5.94. The minimum absolute atomic E-state index is 0.620. The Morgan fingerprint density at radius 1 is 1.19 bits per heavy atom. The second-order valence-corrected chi connectivity index (χ2v) is 5.67. The highest BCUT2D eigenvalue weighted by atomic mass is 35.5. The van der Waals surface area contributed by atoms with E-state index in [1.54, 1.807) is 0 Å². The molecule has 3 aromatic rings. The summed E-state index contributed by atoms with van der Waals surface area (Å²) in [6, 6.07) is 12.1. The molecule has 0 aliphatic heterocycles. The number of nitrogens with two attached hydrogens (primary N) is 1. The molecule has 0 aliphatic rings. The first-order valence-electron chi connectivity index (χ1n) is 7.09. The zero-order valence-corrected chi connectivity index (χ0v) is 12.8. The number of hydrogen-bond donors (Lipinski definition) is 1. The average molecular weight is 300 g/mol. The molecule has 21 heavy (non-hydrogen) atoms. The summed E-state index contributed by atoms with van der Waals surface area (Å²) in [5.74, 6) is 0. The van der Waals surface area contributed by atoms with Crippen LogP contribution in [0.25, 0.3) is 5.65 Å². The summed E-state index contributed by atoms with van der Waals surface area (Å²) in [5, 5.41) is 0.756. The van der Waals surface area contributed by atoms with Crippen molar-refractivity contribution in [3.8, 4) is 0 Å². The quantitative estimate of drug-likeness (QED) is 0.802. The predicted octanol–water partition coefficient (Wildman–Crippen LogP) is 3.39. The van der Waals surface area contributed by atoms with Gasteiger partial charge in [-0.15, -0.1) is 0 Å². The molecule has 0 amide bonds. The highest BCUT2D eigenvalue weighted by Gasteiger charge is 2.13. The highest BCUT2D eigenvalue weighted by Crippen LogP contribution is 2.20. The molecule has 0 unspecified atom stereocenters. The van der Waals surface area contributed by atoms with Gasteiger partial charge in [0.25, 0.3) is 0 Å². The Bertz CT molecular complexity index is 760. The Labute approximate surface area is 129 Å². The van der Waals surface area contributed by atoms with Crippen LogP contribution in [0.2, 0.25) is 5.02 Å². The number of benzene rings is 1. The van der Waals surface area contributed by atoms with Gasteiger partial charge >= 0.3 is 0 Å². The molecule has 0 atom stereocenters. The van der Waals surface area contributed by atoms with Crippen molar-refractivity contribution in [2.24, 2.45) is 5.73 Å². The molecular weight excluding hydrogens is 282 g/mol. The van der Waals surface area contributed by atoms with Gasteiger partial charge < -0.3 is 10.1 Å². The zero-order valence-electron chi connectivity index (χ0n) is 12.0. The maximum absolute atomic E-state index is 5.94. The third-order valence-electron chi connectivity index (χ3n) is 3.69. The summed E-state index contributed by atoms with van der Waals surface area (Å²) in [6.45, 7) is 2.70. The molecule has 2 aromatic heterocycles. The van der Waals surface area contributed by atoms with Crippen molar-refractivity contribution in [1.82, 2.24) is 9.38 Å². The second-order valence-electron chi connectivity index (χ2n) is 5.23. The molecule has 0 radical (unpaired) electrons. The normalized spacial score (nSPS) is 11.2. The Morgan fingerprint density at radius 2 is 1.95 bits per heavy atom. The molecular formula is C17H18ClN3. The van der Waals surface area contributed by atoms with Crippen LogP contribution in [0.1, 0.15) is 22.5 Å². The maximum atomic E-state index is 5.94. The molecule has 0 fully saturated rings. The second kappa shape index (κ2) is 5.88. The molecule has 2 N–H and O–H groups in total. The molecule has 4 heteroatoms. The van der Waals surface area contributed by atoms with Crippen LogP contribution in [-0.2, 0) is 12.8 Å². The first-order valence-corrected chi connectivity index (χ1v) is 7.47. The molecule has 0 saturated carbocycles. The van der Waals surface area contributed by atoms with Crippen LogP contribution in [-0.4, -0.2) is 15.9 Å². The van der Waals surface area contributed by atoms with Crippen molar-refractivity contribution in [3.05, 3.63) is 70.1 Å². The van der Waals surface area contributed by atoms with Crippen LogP contribution in [0.5, 0.6) is 0 Å². The van der Waals surface area contributed by atoms with Gasteiger partial charge in [0.05, 0.1) is 5.69 Å². The minimum Gasteiger partial charge on any atom is -0.330 e. The number of fused-ring (bicyclic) bond motifs is 1. The van der Waals surface area contributed by atoms with E-state index >= 15 is 0 Å². The number of hydrogen-bond acceptors (Lipinski definition) is 2. The van der Waals surface area contributed by atoms with Crippen molar-refractivity contribution in [2.45, 2.75) is 19.8 Å². The van der Waals surface area contributed by atoms with Crippen LogP contribution in [0.3, 0.4) is 0 Å². The van der Waals surface area contributed by atoms with E-state index in [1.165, 1.54) is 16.8 Å². The summed E-state index contributed by atoms with van der Waals surface area (Å²) in [4.78, 5) is 4.82. The number of pyridine rings is 1. The monoisotopic (exact) mass is 299 g/mol. The van der Waals surface area contributed by atoms with Crippen molar-refractivity contribution in [1.29, 1.82) is 0 Å². The van der Waals surface area contributed by atoms with E-state index in [-0.39, 0.29) is 0 Å². The van der Waals surface area contributed by atoms with Gasteiger partial charge in [-0.3, -0.25) is 0 Å². The molecule has 0 spiro atoms. The zero-order chi connectivity index (χ0) is 14.8. The summed E-state index contributed by atoms with van der Waals surface area (Å²) in [5.41, 5.74) is 11.5.